The lowest BCUT2D eigenvalue weighted by atomic mass is 9.71. The van der Waals surface area contributed by atoms with E-state index in [1.54, 1.807) is 12.1 Å². The molecule has 0 bridgehead atoms. The van der Waals surface area contributed by atoms with Crippen molar-refractivity contribution in [1.29, 1.82) is 0 Å². The standard InChI is InChI=1S/C28H28N2O5/c1-17-25(28(32)35-22-9-5-6-10-22)26(19-11-13-21(14-12-19)30(33)34)27-23(29-17)15-20(16-24(27)31)18-7-3-2-4-8-18/h2-4,7-8,11-14,20,22,26,29H,5-6,9-10,15-16H2,1H3/t20-,26+/m0/s1. The molecule has 1 heterocycles. The van der Waals surface area contributed by atoms with Crippen LogP contribution >= 0.6 is 0 Å². The fraction of sp³-hybridized carbons (Fsp3) is 0.357. The lowest BCUT2D eigenvalue weighted by Gasteiger charge is -2.37. The maximum atomic E-state index is 13.6. The lowest BCUT2D eigenvalue weighted by Crippen LogP contribution is -2.36. The summed E-state index contributed by atoms with van der Waals surface area (Å²) in [6.07, 6.45) is 4.65. The van der Waals surface area contributed by atoms with Gasteiger partial charge in [-0.15, -0.1) is 0 Å². The number of carbonyl (C=O) groups is 2. The van der Waals surface area contributed by atoms with E-state index in [4.69, 9.17) is 4.74 Å². The molecule has 1 saturated carbocycles. The molecule has 2 aromatic rings. The predicted molar refractivity (Wildman–Crippen MR) is 130 cm³/mol. The molecule has 1 aliphatic heterocycles. The van der Waals surface area contributed by atoms with Gasteiger partial charge in [-0.25, -0.2) is 4.79 Å². The van der Waals surface area contributed by atoms with E-state index in [1.807, 2.05) is 37.3 Å². The van der Waals surface area contributed by atoms with E-state index in [1.165, 1.54) is 12.1 Å². The van der Waals surface area contributed by atoms with Crippen molar-refractivity contribution in [3.8, 4) is 0 Å². The number of hydrogen-bond acceptors (Lipinski definition) is 6. The first-order valence-electron chi connectivity index (χ1n) is 12.2. The van der Waals surface area contributed by atoms with Crippen LogP contribution in [0.15, 0.2) is 77.1 Å². The van der Waals surface area contributed by atoms with Crippen molar-refractivity contribution >= 4 is 17.4 Å². The van der Waals surface area contributed by atoms with Crippen molar-refractivity contribution < 1.29 is 19.2 Å². The van der Waals surface area contributed by atoms with E-state index in [0.717, 1.165) is 36.9 Å². The quantitative estimate of drug-likeness (QED) is 0.353. The van der Waals surface area contributed by atoms with Gasteiger partial charge in [0.15, 0.2) is 5.78 Å². The molecule has 0 amide bonds. The molecular formula is C28H28N2O5. The number of non-ortho nitro benzene ring substituents is 1. The number of Topliss-reactive ketones (excluding diaryl/α,β-unsaturated/α-hetero) is 1. The maximum absolute atomic E-state index is 13.6. The van der Waals surface area contributed by atoms with Gasteiger partial charge in [0, 0.05) is 41.4 Å². The number of carbonyl (C=O) groups excluding carboxylic acids is 2. The third-order valence-corrected chi connectivity index (χ3v) is 7.33. The first kappa shape index (κ1) is 23.0. The van der Waals surface area contributed by atoms with Crippen LogP contribution in [0, 0.1) is 10.1 Å². The number of nitro groups is 1. The van der Waals surface area contributed by atoms with Crippen LogP contribution in [0.5, 0.6) is 0 Å². The zero-order chi connectivity index (χ0) is 24.5. The molecular weight excluding hydrogens is 444 g/mol. The Morgan fingerprint density at radius 1 is 1.00 bits per heavy atom. The Labute approximate surface area is 204 Å². The second-order valence-corrected chi connectivity index (χ2v) is 9.59. The highest BCUT2D eigenvalue weighted by Crippen LogP contribution is 2.46. The van der Waals surface area contributed by atoms with Crippen molar-refractivity contribution in [3.05, 3.63) is 98.4 Å². The van der Waals surface area contributed by atoms with Crippen LogP contribution in [0.2, 0.25) is 0 Å². The zero-order valence-corrected chi connectivity index (χ0v) is 19.7. The fourth-order valence-corrected chi connectivity index (χ4v) is 5.61. The lowest BCUT2D eigenvalue weighted by molar-refractivity contribution is -0.384. The van der Waals surface area contributed by atoms with Crippen LogP contribution in [-0.4, -0.2) is 22.8 Å². The molecule has 7 heteroatoms. The van der Waals surface area contributed by atoms with E-state index in [-0.39, 0.29) is 23.5 Å². The number of nitrogens with zero attached hydrogens (tertiary/aromatic N) is 1. The van der Waals surface area contributed by atoms with E-state index in [9.17, 15) is 19.7 Å². The fourth-order valence-electron chi connectivity index (χ4n) is 5.61. The van der Waals surface area contributed by atoms with Crippen LogP contribution < -0.4 is 5.32 Å². The summed E-state index contributed by atoms with van der Waals surface area (Å²) < 4.78 is 5.86. The van der Waals surface area contributed by atoms with Crippen LogP contribution in [0.3, 0.4) is 0 Å². The molecule has 0 radical (unpaired) electrons. The van der Waals surface area contributed by atoms with Gasteiger partial charge in [-0.1, -0.05) is 42.5 Å². The zero-order valence-electron chi connectivity index (χ0n) is 19.7. The molecule has 5 rings (SSSR count). The molecule has 180 valence electrons. The summed E-state index contributed by atoms with van der Waals surface area (Å²) in [7, 11) is 0. The molecule has 35 heavy (non-hydrogen) atoms. The smallest absolute Gasteiger partial charge is 0.337 e. The molecule has 0 unspecified atom stereocenters. The Hall–Kier alpha value is -3.74. The van der Waals surface area contributed by atoms with Gasteiger partial charge in [0.2, 0.25) is 0 Å². The van der Waals surface area contributed by atoms with Gasteiger partial charge in [-0.2, -0.15) is 0 Å². The topological polar surface area (TPSA) is 98.5 Å². The number of hydrogen-bond donors (Lipinski definition) is 1. The summed E-state index contributed by atoms with van der Waals surface area (Å²) >= 11 is 0. The number of esters is 1. The second-order valence-electron chi connectivity index (χ2n) is 9.59. The molecule has 1 fully saturated rings. The number of ether oxygens (including phenoxy) is 1. The number of allylic oxidation sites excluding steroid dienone is 3. The highest BCUT2D eigenvalue weighted by atomic mass is 16.6. The Balaban J connectivity index is 1.55. The molecule has 0 saturated heterocycles. The molecule has 0 spiro atoms. The van der Waals surface area contributed by atoms with E-state index in [0.29, 0.717) is 35.2 Å². The van der Waals surface area contributed by atoms with Crippen LogP contribution in [0.4, 0.5) is 5.69 Å². The van der Waals surface area contributed by atoms with Gasteiger partial charge < -0.3 is 10.1 Å². The van der Waals surface area contributed by atoms with Gasteiger partial charge in [-0.3, -0.25) is 14.9 Å². The van der Waals surface area contributed by atoms with Gasteiger partial charge in [0.25, 0.3) is 5.69 Å². The van der Waals surface area contributed by atoms with Crippen LogP contribution in [-0.2, 0) is 14.3 Å². The first-order chi connectivity index (χ1) is 16.9. The number of dihydropyridines is 1. The SMILES string of the molecule is CC1=C(C(=O)OC2CCCC2)[C@@H](c2ccc([N+](=O)[O-])cc2)C2=C(C[C@H](c3ccccc3)CC2=O)N1. The number of ketones is 1. The summed E-state index contributed by atoms with van der Waals surface area (Å²) in [4.78, 5) is 37.8. The predicted octanol–water partition coefficient (Wildman–Crippen LogP) is 5.44. The third kappa shape index (κ3) is 4.50. The molecule has 2 atom stereocenters. The Morgan fingerprint density at radius 3 is 2.34 bits per heavy atom. The second kappa shape index (κ2) is 9.49. The number of nitrogens with one attached hydrogen (secondary N) is 1. The summed E-state index contributed by atoms with van der Waals surface area (Å²) in [6, 6.07) is 16.1. The van der Waals surface area contributed by atoms with Crippen LogP contribution in [0.25, 0.3) is 0 Å². The Bertz CT molecular complexity index is 1220. The van der Waals surface area contributed by atoms with E-state index < -0.39 is 16.8 Å². The summed E-state index contributed by atoms with van der Waals surface area (Å²) in [5, 5.41) is 14.6. The molecule has 2 aromatic carbocycles. The van der Waals surface area contributed by atoms with Crippen molar-refractivity contribution in [2.75, 3.05) is 0 Å². The van der Waals surface area contributed by atoms with E-state index in [2.05, 4.69) is 5.32 Å². The Kier molecular flexibility index (Phi) is 6.24. The largest absolute Gasteiger partial charge is 0.459 e. The average molecular weight is 473 g/mol. The minimum absolute atomic E-state index is 0.0189. The number of nitro benzene ring substituents is 1. The van der Waals surface area contributed by atoms with Gasteiger partial charge in [0.1, 0.15) is 6.10 Å². The van der Waals surface area contributed by atoms with Crippen LogP contribution in [0.1, 0.15) is 68.4 Å². The van der Waals surface area contributed by atoms with Crippen molar-refractivity contribution in [2.24, 2.45) is 0 Å². The van der Waals surface area contributed by atoms with Gasteiger partial charge in [-0.05, 0) is 56.1 Å². The number of rotatable bonds is 5. The maximum Gasteiger partial charge on any atom is 0.337 e. The molecule has 3 aliphatic rings. The number of benzene rings is 2. The monoisotopic (exact) mass is 472 g/mol. The minimum Gasteiger partial charge on any atom is -0.459 e. The molecule has 1 N–H and O–H groups in total. The normalized spacial score (nSPS) is 22.6. The summed E-state index contributed by atoms with van der Waals surface area (Å²) in [5.74, 6) is -1.01. The average Bonchev–Trinajstić information content (AvgIpc) is 3.36. The highest BCUT2D eigenvalue weighted by Gasteiger charge is 2.42. The van der Waals surface area contributed by atoms with Crippen molar-refractivity contribution in [3.63, 3.8) is 0 Å². The summed E-state index contributed by atoms with van der Waals surface area (Å²) in [6.45, 7) is 1.84. The van der Waals surface area contributed by atoms with Crippen molar-refractivity contribution in [1.82, 2.24) is 5.32 Å². The van der Waals surface area contributed by atoms with Gasteiger partial charge >= 0.3 is 5.97 Å². The molecule has 7 nitrogen and oxygen atoms in total. The third-order valence-electron chi connectivity index (χ3n) is 7.33. The Morgan fingerprint density at radius 2 is 1.69 bits per heavy atom. The van der Waals surface area contributed by atoms with Crippen molar-refractivity contribution in [2.45, 2.75) is 63.4 Å². The van der Waals surface area contributed by atoms with E-state index >= 15 is 0 Å². The highest BCUT2D eigenvalue weighted by molar-refractivity contribution is 6.04. The van der Waals surface area contributed by atoms with Gasteiger partial charge in [0.05, 0.1) is 10.5 Å². The molecule has 2 aliphatic carbocycles. The minimum atomic E-state index is -0.620. The summed E-state index contributed by atoms with van der Waals surface area (Å²) in [5.41, 5.74) is 4.20. The molecule has 0 aromatic heterocycles. The first-order valence-corrected chi connectivity index (χ1v) is 12.2.